The van der Waals surface area contributed by atoms with Crippen LogP contribution >= 0.6 is 0 Å². The lowest BCUT2D eigenvalue weighted by Crippen LogP contribution is -2.30. The highest BCUT2D eigenvalue weighted by Crippen LogP contribution is 2.41. The van der Waals surface area contributed by atoms with Gasteiger partial charge in [0, 0.05) is 25.9 Å². The minimum Gasteiger partial charge on any atom is -0.397 e. The number of aryl methyl sites for hydroxylation is 1. The van der Waals surface area contributed by atoms with E-state index in [-0.39, 0.29) is 11.3 Å². The molecule has 1 aromatic heterocycles. The number of rotatable bonds is 2. The third kappa shape index (κ3) is 1.83. The Balaban J connectivity index is 2.79. The fourth-order valence-electron chi connectivity index (χ4n) is 2.69. The summed E-state index contributed by atoms with van der Waals surface area (Å²) in [5, 5.41) is 14.4. The standard InChI is InChI=1S/C13H19N5O/c1-13(2)5-7(6-14)9(15)11-8(13)10(12(19)16-3)17-18(11)4/h6,14H,5,15H2,1-4H3,(H,16,19). The molecule has 6 heteroatoms. The van der Waals surface area contributed by atoms with Gasteiger partial charge in [-0.15, -0.1) is 0 Å². The minimum absolute atomic E-state index is 0.212. The first kappa shape index (κ1) is 13.3. The summed E-state index contributed by atoms with van der Waals surface area (Å²) in [5.74, 6) is -0.212. The number of amides is 1. The number of nitrogens with two attached hydrogens (primary N) is 1. The fraction of sp³-hybridized carbons (Fsp3) is 0.462. The van der Waals surface area contributed by atoms with Crippen molar-refractivity contribution in [2.75, 3.05) is 7.05 Å². The van der Waals surface area contributed by atoms with Crippen LogP contribution in [0.5, 0.6) is 0 Å². The molecule has 0 aromatic carbocycles. The molecule has 6 nitrogen and oxygen atoms in total. The van der Waals surface area contributed by atoms with Gasteiger partial charge in [0.15, 0.2) is 5.69 Å². The second kappa shape index (κ2) is 4.22. The molecule has 0 fully saturated rings. The predicted octanol–water partition coefficient (Wildman–Crippen LogP) is 0.780. The summed E-state index contributed by atoms with van der Waals surface area (Å²) < 4.78 is 1.62. The van der Waals surface area contributed by atoms with Crippen molar-refractivity contribution in [1.29, 1.82) is 5.41 Å². The number of carbonyl (C=O) groups excluding carboxylic acids is 1. The van der Waals surface area contributed by atoms with Gasteiger partial charge in [-0.25, -0.2) is 0 Å². The Kier molecular flexibility index (Phi) is 2.96. The molecule has 19 heavy (non-hydrogen) atoms. The van der Waals surface area contributed by atoms with Crippen LogP contribution in [0.25, 0.3) is 5.70 Å². The number of fused-ring (bicyclic) bond motifs is 1. The number of nitrogens with zero attached hydrogens (tertiary/aromatic N) is 2. The van der Waals surface area contributed by atoms with Crippen LogP contribution in [0.15, 0.2) is 5.57 Å². The Hall–Kier alpha value is -2.11. The first-order valence-electron chi connectivity index (χ1n) is 6.12. The average molecular weight is 261 g/mol. The summed E-state index contributed by atoms with van der Waals surface area (Å²) in [6.07, 6.45) is 1.91. The Morgan fingerprint density at radius 1 is 1.58 bits per heavy atom. The highest BCUT2D eigenvalue weighted by Gasteiger charge is 2.38. The van der Waals surface area contributed by atoms with E-state index in [1.165, 1.54) is 6.21 Å². The van der Waals surface area contributed by atoms with Gasteiger partial charge < -0.3 is 16.5 Å². The van der Waals surface area contributed by atoms with Gasteiger partial charge in [0.1, 0.15) is 0 Å². The molecular weight excluding hydrogens is 242 g/mol. The quantitative estimate of drug-likeness (QED) is 0.686. The summed E-state index contributed by atoms with van der Waals surface area (Å²) in [5.41, 5.74) is 9.17. The molecule has 0 aliphatic heterocycles. The van der Waals surface area contributed by atoms with Gasteiger partial charge in [-0.2, -0.15) is 5.10 Å². The molecule has 0 unspecified atom stereocenters. The van der Waals surface area contributed by atoms with Gasteiger partial charge in [0.25, 0.3) is 5.91 Å². The SMILES string of the molecule is CNC(=O)c1nn(C)c2c1C(C)(C)CC(C=N)=C2N. The van der Waals surface area contributed by atoms with Gasteiger partial charge in [0.05, 0.1) is 11.4 Å². The van der Waals surface area contributed by atoms with E-state index < -0.39 is 0 Å². The van der Waals surface area contributed by atoms with Crippen LogP contribution in [0.4, 0.5) is 0 Å². The van der Waals surface area contributed by atoms with Crippen LogP contribution in [-0.2, 0) is 12.5 Å². The molecule has 2 rings (SSSR count). The van der Waals surface area contributed by atoms with Crippen LogP contribution in [-0.4, -0.2) is 28.9 Å². The van der Waals surface area contributed by atoms with Crippen molar-refractivity contribution < 1.29 is 4.79 Å². The lowest BCUT2D eigenvalue weighted by atomic mass is 9.73. The molecule has 0 atom stereocenters. The normalized spacial score (nSPS) is 17.1. The summed E-state index contributed by atoms with van der Waals surface area (Å²) in [6.45, 7) is 4.08. The Morgan fingerprint density at radius 3 is 2.74 bits per heavy atom. The Morgan fingerprint density at radius 2 is 2.21 bits per heavy atom. The van der Waals surface area contributed by atoms with E-state index >= 15 is 0 Å². The zero-order chi connectivity index (χ0) is 14.4. The molecule has 1 aliphatic rings. The van der Waals surface area contributed by atoms with Gasteiger partial charge in [-0.1, -0.05) is 13.8 Å². The molecule has 4 N–H and O–H groups in total. The molecule has 0 saturated heterocycles. The van der Waals surface area contributed by atoms with Crippen LogP contribution in [0.1, 0.15) is 42.0 Å². The third-order valence-corrected chi connectivity index (χ3v) is 3.57. The van der Waals surface area contributed by atoms with Crippen molar-refractivity contribution >= 4 is 17.8 Å². The first-order chi connectivity index (χ1) is 8.83. The second-order valence-corrected chi connectivity index (χ2v) is 5.42. The smallest absolute Gasteiger partial charge is 0.271 e. The summed E-state index contributed by atoms with van der Waals surface area (Å²) in [4.78, 5) is 12.0. The van der Waals surface area contributed by atoms with E-state index in [9.17, 15) is 4.79 Å². The maximum Gasteiger partial charge on any atom is 0.271 e. The van der Waals surface area contributed by atoms with E-state index in [0.717, 1.165) is 16.8 Å². The topological polar surface area (TPSA) is 96.8 Å². The molecule has 0 saturated carbocycles. The highest BCUT2D eigenvalue weighted by molar-refractivity contribution is 5.98. The van der Waals surface area contributed by atoms with Gasteiger partial charge >= 0.3 is 0 Å². The van der Waals surface area contributed by atoms with E-state index in [0.29, 0.717) is 17.8 Å². The number of hydrogen-bond donors (Lipinski definition) is 3. The number of aromatic nitrogens is 2. The summed E-state index contributed by atoms with van der Waals surface area (Å²) >= 11 is 0. The molecule has 102 valence electrons. The first-order valence-corrected chi connectivity index (χ1v) is 6.12. The average Bonchev–Trinajstić information content (AvgIpc) is 2.72. The molecule has 0 radical (unpaired) electrons. The molecule has 1 aromatic rings. The second-order valence-electron chi connectivity index (χ2n) is 5.42. The molecule has 1 aliphatic carbocycles. The maximum atomic E-state index is 12.0. The largest absolute Gasteiger partial charge is 0.397 e. The number of nitrogens with one attached hydrogen (secondary N) is 2. The van der Waals surface area contributed by atoms with Gasteiger partial charge in [-0.05, 0) is 17.4 Å². The number of hydrogen-bond acceptors (Lipinski definition) is 4. The van der Waals surface area contributed by atoms with Crippen molar-refractivity contribution in [3.63, 3.8) is 0 Å². The van der Waals surface area contributed by atoms with Gasteiger partial charge in [-0.3, -0.25) is 9.48 Å². The van der Waals surface area contributed by atoms with Crippen molar-refractivity contribution in [2.24, 2.45) is 12.8 Å². The van der Waals surface area contributed by atoms with Crippen molar-refractivity contribution in [1.82, 2.24) is 15.1 Å². The predicted molar refractivity (Wildman–Crippen MR) is 74.1 cm³/mol. The fourth-order valence-corrected chi connectivity index (χ4v) is 2.69. The Bertz CT molecular complexity index is 594. The number of allylic oxidation sites excluding steroid dienone is 1. The summed E-state index contributed by atoms with van der Waals surface area (Å²) in [6, 6.07) is 0. The van der Waals surface area contributed by atoms with Crippen molar-refractivity contribution in [2.45, 2.75) is 25.7 Å². The molecule has 0 spiro atoms. The molecule has 1 amide bonds. The summed E-state index contributed by atoms with van der Waals surface area (Å²) in [7, 11) is 3.35. The molecular formula is C13H19N5O. The number of carbonyl (C=O) groups is 1. The van der Waals surface area contributed by atoms with Gasteiger partial charge in [0.2, 0.25) is 0 Å². The van der Waals surface area contributed by atoms with Crippen LogP contribution in [0.3, 0.4) is 0 Å². The van der Waals surface area contributed by atoms with E-state index in [1.807, 2.05) is 13.8 Å². The van der Waals surface area contributed by atoms with Crippen LogP contribution < -0.4 is 11.1 Å². The lowest BCUT2D eigenvalue weighted by molar-refractivity contribution is 0.0955. The van der Waals surface area contributed by atoms with Crippen molar-refractivity contribution in [3.05, 3.63) is 22.5 Å². The van der Waals surface area contributed by atoms with E-state index in [4.69, 9.17) is 11.1 Å². The molecule has 0 bridgehead atoms. The maximum absolute atomic E-state index is 12.0. The van der Waals surface area contributed by atoms with Crippen LogP contribution in [0.2, 0.25) is 0 Å². The van der Waals surface area contributed by atoms with Crippen LogP contribution in [0, 0.1) is 5.41 Å². The minimum atomic E-state index is -0.277. The third-order valence-electron chi connectivity index (χ3n) is 3.57. The monoisotopic (exact) mass is 261 g/mol. The van der Waals surface area contributed by atoms with E-state index in [1.54, 1.807) is 18.8 Å². The zero-order valence-corrected chi connectivity index (χ0v) is 11.7. The lowest BCUT2D eigenvalue weighted by Gasteiger charge is -2.31. The molecule has 1 heterocycles. The van der Waals surface area contributed by atoms with Crippen molar-refractivity contribution in [3.8, 4) is 0 Å². The Labute approximate surface area is 112 Å². The zero-order valence-electron chi connectivity index (χ0n) is 11.7. The highest BCUT2D eigenvalue weighted by atomic mass is 16.1. The van der Waals surface area contributed by atoms with E-state index in [2.05, 4.69) is 10.4 Å².